The molecule has 24 heavy (non-hydrogen) atoms. The van der Waals surface area contributed by atoms with Crippen LogP contribution in [0.15, 0.2) is 42.5 Å². The first kappa shape index (κ1) is 17.8. The fourth-order valence-corrected chi connectivity index (χ4v) is 2.34. The Balaban J connectivity index is 2.13. The Morgan fingerprint density at radius 2 is 1.92 bits per heavy atom. The van der Waals surface area contributed by atoms with Crippen LogP contribution in [0.25, 0.3) is 0 Å². The van der Waals surface area contributed by atoms with Gasteiger partial charge >= 0.3 is 0 Å². The van der Waals surface area contributed by atoms with Gasteiger partial charge in [-0.15, -0.1) is 0 Å². The van der Waals surface area contributed by atoms with Gasteiger partial charge in [0.2, 0.25) is 5.91 Å². The highest BCUT2D eigenvalue weighted by Gasteiger charge is 2.13. The zero-order valence-corrected chi connectivity index (χ0v) is 14.6. The maximum atomic E-state index is 12.2. The van der Waals surface area contributed by atoms with E-state index in [1.165, 1.54) is 4.90 Å². The summed E-state index contributed by atoms with van der Waals surface area (Å²) < 4.78 is 5.14. The lowest BCUT2D eigenvalue weighted by Gasteiger charge is -2.13. The second-order valence-corrected chi connectivity index (χ2v) is 5.88. The van der Waals surface area contributed by atoms with Crippen molar-refractivity contribution in [2.45, 2.75) is 6.42 Å². The van der Waals surface area contributed by atoms with Crippen molar-refractivity contribution in [3.63, 3.8) is 0 Å². The maximum Gasteiger partial charge on any atom is 0.253 e. The number of benzene rings is 2. The zero-order valence-electron chi connectivity index (χ0n) is 13.8. The van der Waals surface area contributed by atoms with Gasteiger partial charge in [-0.3, -0.25) is 9.59 Å². The molecule has 6 heteroatoms. The standard InChI is InChI=1S/C18H19ClN2O3/c1-21(2)18(23)13-7-8-15(19)16(11-13)20-17(22)10-12-5-4-6-14(9-12)24-3/h4-9,11H,10H2,1-3H3,(H,20,22). The Morgan fingerprint density at radius 3 is 2.58 bits per heavy atom. The second kappa shape index (κ2) is 7.84. The average molecular weight is 347 g/mol. The number of hydrogen-bond acceptors (Lipinski definition) is 3. The molecule has 0 fully saturated rings. The SMILES string of the molecule is COc1cccc(CC(=O)Nc2cc(C(=O)N(C)C)ccc2Cl)c1. The van der Waals surface area contributed by atoms with Gasteiger partial charge in [-0.25, -0.2) is 0 Å². The first-order valence-electron chi connectivity index (χ1n) is 7.34. The lowest BCUT2D eigenvalue weighted by molar-refractivity contribution is -0.115. The molecule has 0 spiro atoms. The van der Waals surface area contributed by atoms with E-state index in [0.717, 1.165) is 5.56 Å². The van der Waals surface area contributed by atoms with Crippen LogP contribution in [0, 0.1) is 0 Å². The number of halogens is 1. The summed E-state index contributed by atoms with van der Waals surface area (Å²) in [5, 5.41) is 3.13. The number of hydrogen-bond donors (Lipinski definition) is 1. The molecule has 126 valence electrons. The van der Waals surface area contributed by atoms with Crippen LogP contribution in [0.5, 0.6) is 5.75 Å². The Hall–Kier alpha value is -2.53. The van der Waals surface area contributed by atoms with Crippen molar-refractivity contribution < 1.29 is 14.3 Å². The van der Waals surface area contributed by atoms with Crippen molar-refractivity contribution in [1.29, 1.82) is 0 Å². The number of ether oxygens (including phenoxy) is 1. The maximum absolute atomic E-state index is 12.2. The van der Waals surface area contributed by atoms with Gasteiger partial charge in [-0.05, 0) is 35.9 Å². The summed E-state index contributed by atoms with van der Waals surface area (Å²) in [5.41, 5.74) is 1.70. The van der Waals surface area contributed by atoms with E-state index in [-0.39, 0.29) is 18.2 Å². The smallest absolute Gasteiger partial charge is 0.253 e. The molecule has 1 N–H and O–H groups in total. The summed E-state index contributed by atoms with van der Waals surface area (Å²) in [7, 11) is 4.90. The summed E-state index contributed by atoms with van der Waals surface area (Å²) in [6.07, 6.45) is 0.180. The highest BCUT2D eigenvalue weighted by molar-refractivity contribution is 6.33. The van der Waals surface area contributed by atoms with E-state index < -0.39 is 0 Å². The monoisotopic (exact) mass is 346 g/mol. The molecule has 0 saturated carbocycles. The quantitative estimate of drug-likeness (QED) is 0.904. The average Bonchev–Trinajstić information content (AvgIpc) is 2.56. The highest BCUT2D eigenvalue weighted by atomic mass is 35.5. The van der Waals surface area contributed by atoms with Crippen molar-refractivity contribution >= 4 is 29.1 Å². The number of carbonyl (C=O) groups excluding carboxylic acids is 2. The molecular weight excluding hydrogens is 328 g/mol. The Labute approximate surface area is 146 Å². The van der Waals surface area contributed by atoms with Crippen molar-refractivity contribution in [2.24, 2.45) is 0 Å². The summed E-state index contributed by atoms with van der Waals surface area (Å²) in [6.45, 7) is 0. The molecule has 0 bridgehead atoms. The molecule has 0 radical (unpaired) electrons. The van der Waals surface area contributed by atoms with Crippen LogP contribution < -0.4 is 10.1 Å². The van der Waals surface area contributed by atoms with Crippen LogP contribution in [0.3, 0.4) is 0 Å². The third-order valence-electron chi connectivity index (χ3n) is 3.39. The van der Waals surface area contributed by atoms with Gasteiger partial charge in [0.1, 0.15) is 5.75 Å². The lowest BCUT2D eigenvalue weighted by Crippen LogP contribution is -2.22. The second-order valence-electron chi connectivity index (χ2n) is 5.47. The van der Waals surface area contributed by atoms with Crippen molar-refractivity contribution in [1.82, 2.24) is 4.90 Å². The number of methoxy groups -OCH3 is 1. The summed E-state index contributed by atoms with van der Waals surface area (Å²) in [5.74, 6) is 0.312. The molecule has 2 rings (SSSR count). The Bertz CT molecular complexity index is 760. The van der Waals surface area contributed by atoms with E-state index in [1.807, 2.05) is 18.2 Å². The molecule has 2 aromatic carbocycles. The van der Waals surface area contributed by atoms with Gasteiger partial charge in [-0.1, -0.05) is 23.7 Å². The van der Waals surface area contributed by atoms with Crippen molar-refractivity contribution in [3.05, 3.63) is 58.6 Å². The van der Waals surface area contributed by atoms with Crippen LogP contribution in [0.2, 0.25) is 5.02 Å². The van der Waals surface area contributed by atoms with Crippen LogP contribution in [0.4, 0.5) is 5.69 Å². The van der Waals surface area contributed by atoms with Crippen molar-refractivity contribution in [2.75, 3.05) is 26.5 Å². The summed E-state index contributed by atoms with van der Waals surface area (Å²) >= 11 is 6.12. The van der Waals surface area contributed by atoms with Gasteiger partial charge in [0.05, 0.1) is 24.2 Å². The van der Waals surface area contributed by atoms with Crippen molar-refractivity contribution in [3.8, 4) is 5.75 Å². The Morgan fingerprint density at radius 1 is 1.17 bits per heavy atom. The number of amides is 2. The van der Waals surface area contributed by atoms with Gasteiger partial charge in [0.25, 0.3) is 5.91 Å². The fourth-order valence-electron chi connectivity index (χ4n) is 2.17. The molecular formula is C18H19ClN2O3. The van der Waals surface area contributed by atoms with Crippen LogP contribution in [0.1, 0.15) is 15.9 Å². The molecule has 0 aliphatic rings. The molecule has 0 atom stereocenters. The molecule has 0 aliphatic carbocycles. The van der Waals surface area contributed by atoms with Crippen LogP contribution >= 0.6 is 11.6 Å². The predicted molar refractivity (Wildman–Crippen MR) is 94.8 cm³/mol. The molecule has 0 saturated heterocycles. The zero-order chi connectivity index (χ0) is 17.7. The van der Waals surface area contributed by atoms with E-state index in [0.29, 0.717) is 22.0 Å². The lowest BCUT2D eigenvalue weighted by atomic mass is 10.1. The third-order valence-corrected chi connectivity index (χ3v) is 3.72. The van der Waals surface area contributed by atoms with Gasteiger partial charge in [-0.2, -0.15) is 0 Å². The van der Waals surface area contributed by atoms with Gasteiger partial charge in [0, 0.05) is 19.7 Å². The minimum atomic E-state index is -0.223. The third kappa shape index (κ3) is 4.49. The largest absolute Gasteiger partial charge is 0.497 e. The van der Waals surface area contributed by atoms with E-state index >= 15 is 0 Å². The summed E-state index contributed by atoms with van der Waals surface area (Å²) in [4.78, 5) is 25.7. The Kier molecular flexibility index (Phi) is 5.82. The molecule has 0 aromatic heterocycles. The number of rotatable bonds is 5. The number of carbonyl (C=O) groups is 2. The first-order valence-corrected chi connectivity index (χ1v) is 7.72. The number of nitrogens with one attached hydrogen (secondary N) is 1. The summed E-state index contributed by atoms with van der Waals surface area (Å²) in [6, 6.07) is 12.1. The minimum Gasteiger partial charge on any atom is -0.497 e. The topological polar surface area (TPSA) is 58.6 Å². The van der Waals surface area contributed by atoms with E-state index in [1.54, 1.807) is 45.5 Å². The minimum absolute atomic E-state index is 0.157. The van der Waals surface area contributed by atoms with E-state index in [2.05, 4.69) is 5.32 Å². The van der Waals surface area contributed by atoms with Gasteiger partial charge < -0.3 is 15.0 Å². The normalized spacial score (nSPS) is 10.2. The van der Waals surface area contributed by atoms with Crippen LogP contribution in [-0.4, -0.2) is 37.9 Å². The molecule has 2 amide bonds. The van der Waals surface area contributed by atoms with Crippen LogP contribution in [-0.2, 0) is 11.2 Å². The fraction of sp³-hybridized carbons (Fsp3) is 0.222. The molecule has 2 aromatic rings. The number of anilines is 1. The highest BCUT2D eigenvalue weighted by Crippen LogP contribution is 2.24. The molecule has 0 unspecified atom stereocenters. The molecule has 0 aliphatic heterocycles. The van der Waals surface area contributed by atoms with E-state index in [9.17, 15) is 9.59 Å². The number of nitrogens with zero attached hydrogens (tertiary/aromatic N) is 1. The molecule has 0 heterocycles. The van der Waals surface area contributed by atoms with Gasteiger partial charge in [0.15, 0.2) is 0 Å². The molecule has 5 nitrogen and oxygen atoms in total. The van der Waals surface area contributed by atoms with E-state index in [4.69, 9.17) is 16.3 Å². The predicted octanol–water partition coefficient (Wildman–Crippen LogP) is 3.23. The first-order chi connectivity index (χ1) is 11.4.